The highest BCUT2D eigenvalue weighted by molar-refractivity contribution is 6.22. The summed E-state index contributed by atoms with van der Waals surface area (Å²) in [7, 11) is 1.60. The third-order valence-corrected chi connectivity index (χ3v) is 3.17. The predicted octanol–water partition coefficient (Wildman–Crippen LogP) is 3.53. The third-order valence-electron chi connectivity index (χ3n) is 2.52. The molecule has 1 unspecified atom stereocenters. The molecule has 0 aromatic heterocycles. The van der Waals surface area contributed by atoms with E-state index in [1.807, 2.05) is 13.8 Å². The Morgan fingerprint density at radius 2 is 1.88 bits per heavy atom. The summed E-state index contributed by atoms with van der Waals surface area (Å²) in [6.45, 7) is 4.03. The van der Waals surface area contributed by atoms with Crippen molar-refractivity contribution < 1.29 is 9.53 Å². The Hall–Kier alpha value is -1.02. The van der Waals surface area contributed by atoms with Gasteiger partial charge in [0.15, 0.2) is 5.78 Å². The van der Waals surface area contributed by atoms with Crippen LogP contribution in [0.3, 0.4) is 0 Å². The number of ketones is 1. The second-order valence-electron chi connectivity index (χ2n) is 4.12. The lowest BCUT2D eigenvalue weighted by Gasteiger charge is -2.12. The van der Waals surface area contributed by atoms with Gasteiger partial charge in [0.2, 0.25) is 0 Å². The average molecular weight is 241 g/mol. The van der Waals surface area contributed by atoms with Crippen molar-refractivity contribution in [3.63, 3.8) is 0 Å². The van der Waals surface area contributed by atoms with Crippen molar-refractivity contribution in [3.8, 4) is 5.75 Å². The van der Waals surface area contributed by atoms with E-state index in [4.69, 9.17) is 16.3 Å². The maximum absolute atomic E-state index is 11.8. The Balaban J connectivity index is 2.66. The van der Waals surface area contributed by atoms with Crippen LogP contribution in [0.5, 0.6) is 5.75 Å². The maximum Gasteiger partial charge on any atom is 0.164 e. The topological polar surface area (TPSA) is 26.3 Å². The molecule has 1 aromatic rings. The van der Waals surface area contributed by atoms with Crippen molar-refractivity contribution in [2.45, 2.75) is 25.6 Å². The average Bonchev–Trinajstić information content (AvgIpc) is 2.28. The first-order valence-corrected chi connectivity index (χ1v) is 5.79. The fourth-order valence-corrected chi connectivity index (χ4v) is 1.45. The number of hydrogen-bond acceptors (Lipinski definition) is 2. The van der Waals surface area contributed by atoms with Gasteiger partial charge in [0.05, 0.1) is 7.11 Å². The van der Waals surface area contributed by atoms with Crippen LogP contribution in [0.1, 0.15) is 30.6 Å². The molecule has 0 aliphatic rings. The van der Waals surface area contributed by atoms with Crippen molar-refractivity contribution in [3.05, 3.63) is 29.8 Å². The van der Waals surface area contributed by atoms with Crippen LogP contribution in [0.4, 0.5) is 0 Å². The van der Waals surface area contributed by atoms with Crippen molar-refractivity contribution in [2.75, 3.05) is 7.11 Å². The summed E-state index contributed by atoms with van der Waals surface area (Å²) in [5.74, 6) is 1.14. The van der Waals surface area contributed by atoms with Gasteiger partial charge in [-0.1, -0.05) is 13.8 Å². The molecule has 0 amide bonds. The van der Waals surface area contributed by atoms with Gasteiger partial charge in [-0.25, -0.2) is 0 Å². The second kappa shape index (κ2) is 5.90. The van der Waals surface area contributed by atoms with Gasteiger partial charge < -0.3 is 4.74 Å². The zero-order valence-corrected chi connectivity index (χ0v) is 10.6. The zero-order valence-electron chi connectivity index (χ0n) is 9.87. The lowest BCUT2D eigenvalue weighted by molar-refractivity contribution is 0.0977. The summed E-state index contributed by atoms with van der Waals surface area (Å²) in [4.78, 5) is 11.8. The molecular weight excluding hydrogens is 224 g/mol. The summed E-state index contributed by atoms with van der Waals surface area (Å²) in [5, 5.41) is -0.102. The first kappa shape index (κ1) is 13.0. The third kappa shape index (κ3) is 3.53. The molecule has 0 aliphatic carbocycles. The van der Waals surface area contributed by atoms with Crippen LogP contribution >= 0.6 is 11.6 Å². The maximum atomic E-state index is 11.8. The SMILES string of the molecule is COc1ccc(C(=O)CC(Cl)C(C)C)cc1. The molecule has 0 aliphatic heterocycles. The normalized spacial score (nSPS) is 12.6. The highest BCUT2D eigenvalue weighted by atomic mass is 35.5. The lowest BCUT2D eigenvalue weighted by atomic mass is 10.0. The van der Waals surface area contributed by atoms with Crippen LogP contribution in [0.15, 0.2) is 24.3 Å². The zero-order chi connectivity index (χ0) is 12.1. The Bertz CT molecular complexity index is 343. The molecular formula is C13H17ClO2. The number of hydrogen-bond donors (Lipinski definition) is 0. The van der Waals surface area contributed by atoms with Gasteiger partial charge in [0.1, 0.15) is 5.75 Å². The molecule has 1 rings (SSSR count). The molecule has 0 radical (unpaired) electrons. The van der Waals surface area contributed by atoms with Gasteiger partial charge in [-0.2, -0.15) is 0 Å². The molecule has 0 saturated carbocycles. The molecule has 0 heterocycles. The van der Waals surface area contributed by atoms with Crippen molar-refractivity contribution in [2.24, 2.45) is 5.92 Å². The smallest absolute Gasteiger partial charge is 0.164 e. The molecule has 0 N–H and O–H groups in total. The predicted molar refractivity (Wildman–Crippen MR) is 66.4 cm³/mol. The molecule has 3 heteroatoms. The first-order valence-electron chi connectivity index (χ1n) is 5.36. The highest BCUT2D eigenvalue weighted by Crippen LogP contribution is 2.18. The van der Waals surface area contributed by atoms with E-state index < -0.39 is 0 Å². The Labute approximate surface area is 102 Å². The summed E-state index contributed by atoms with van der Waals surface area (Å²) in [6, 6.07) is 7.11. The molecule has 1 aromatic carbocycles. The molecule has 1 atom stereocenters. The molecule has 0 bridgehead atoms. The molecule has 0 saturated heterocycles. The molecule has 16 heavy (non-hydrogen) atoms. The first-order chi connectivity index (χ1) is 7.54. The van der Waals surface area contributed by atoms with Crippen molar-refractivity contribution in [1.29, 1.82) is 0 Å². The van der Waals surface area contributed by atoms with Gasteiger partial charge in [-0.05, 0) is 30.2 Å². The minimum Gasteiger partial charge on any atom is -0.497 e. The largest absolute Gasteiger partial charge is 0.497 e. The summed E-state index contributed by atoms with van der Waals surface area (Å²) in [5.41, 5.74) is 0.687. The van der Waals surface area contributed by atoms with E-state index in [0.717, 1.165) is 5.75 Å². The lowest BCUT2D eigenvalue weighted by Crippen LogP contribution is -2.14. The Morgan fingerprint density at radius 1 is 1.31 bits per heavy atom. The number of alkyl halides is 1. The van der Waals surface area contributed by atoms with Gasteiger partial charge in [-0.3, -0.25) is 4.79 Å². The molecule has 0 fully saturated rings. The van der Waals surface area contributed by atoms with Crippen LogP contribution in [-0.2, 0) is 0 Å². The van der Waals surface area contributed by atoms with Crippen LogP contribution in [0.2, 0.25) is 0 Å². The van der Waals surface area contributed by atoms with Crippen LogP contribution in [0.25, 0.3) is 0 Å². The molecule has 0 spiro atoms. The molecule has 2 nitrogen and oxygen atoms in total. The standard InChI is InChI=1S/C13H17ClO2/c1-9(2)12(14)8-13(15)10-4-6-11(16-3)7-5-10/h4-7,9,12H,8H2,1-3H3. The Morgan fingerprint density at radius 3 is 2.31 bits per heavy atom. The highest BCUT2D eigenvalue weighted by Gasteiger charge is 2.15. The van der Waals surface area contributed by atoms with Gasteiger partial charge in [0, 0.05) is 17.4 Å². The van der Waals surface area contributed by atoms with E-state index in [-0.39, 0.29) is 11.2 Å². The van der Waals surface area contributed by atoms with Crippen LogP contribution in [0, 0.1) is 5.92 Å². The molecule has 88 valence electrons. The summed E-state index contributed by atoms with van der Waals surface area (Å²) < 4.78 is 5.03. The van der Waals surface area contributed by atoms with Crippen LogP contribution in [-0.4, -0.2) is 18.3 Å². The number of benzene rings is 1. The quantitative estimate of drug-likeness (QED) is 0.581. The van der Waals surface area contributed by atoms with E-state index in [1.165, 1.54) is 0 Å². The van der Waals surface area contributed by atoms with E-state index in [2.05, 4.69) is 0 Å². The Kier molecular flexibility index (Phi) is 4.81. The van der Waals surface area contributed by atoms with Crippen LogP contribution < -0.4 is 4.74 Å². The summed E-state index contributed by atoms with van der Waals surface area (Å²) >= 11 is 6.07. The van der Waals surface area contributed by atoms with E-state index >= 15 is 0 Å². The number of ether oxygens (including phenoxy) is 1. The van der Waals surface area contributed by atoms with Gasteiger partial charge >= 0.3 is 0 Å². The van der Waals surface area contributed by atoms with E-state index in [0.29, 0.717) is 17.9 Å². The van der Waals surface area contributed by atoms with Gasteiger partial charge in [0.25, 0.3) is 0 Å². The minimum atomic E-state index is -0.102. The minimum absolute atomic E-state index is 0.0800. The fraction of sp³-hybridized carbons (Fsp3) is 0.462. The van der Waals surface area contributed by atoms with E-state index in [1.54, 1.807) is 31.4 Å². The number of Topliss-reactive ketones (excluding diaryl/α,β-unsaturated/α-hetero) is 1. The number of carbonyl (C=O) groups is 1. The summed E-state index contributed by atoms with van der Waals surface area (Å²) in [6.07, 6.45) is 0.381. The number of carbonyl (C=O) groups excluding carboxylic acids is 1. The number of halogens is 1. The van der Waals surface area contributed by atoms with Gasteiger partial charge in [-0.15, -0.1) is 11.6 Å². The monoisotopic (exact) mass is 240 g/mol. The van der Waals surface area contributed by atoms with E-state index in [9.17, 15) is 4.79 Å². The second-order valence-corrected chi connectivity index (χ2v) is 4.68. The number of methoxy groups -OCH3 is 1. The fourth-order valence-electron chi connectivity index (χ4n) is 1.31. The van der Waals surface area contributed by atoms with Crippen molar-refractivity contribution in [1.82, 2.24) is 0 Å². The number of rotatable bonds is 5. The van der Waals surface area contributed by atoms with Crippen molar-refractivity contribution >= 4 is 17.4 Å².